The normalized spacial score (nSPS) is 13.6. The fraction of sp³-hybridized carbons (Fsp3) is 0.311. The van der Waals surface area contributed by atoms with Crippen molar-refractivity contribution in [2.45, 2.75) is 124 Å². The number of ether oxygens (including phenoxy) is 1. The molecule has 0 amide bonds. The van der Waals surface area contributed by atoms with Crippen molar-refractivity contribution in [1.82, 2.24) is 9.55 Å². The zero-order chi connectivity index (χ0) is 48.0. The van der Waals surface area contributed by atoms with E-state index in [0.717, 1.165) is 45.2 Å². The van der Waals surface area contributed by atoms with E-state index in [1.165, 1.54) is 43.8 Å². The minimum absolute atomic E-state index is 0. The second-order valence-electron chi connectivity index (χ2n) is 23.7. The third-order valence-corrected chi connectivity index (χ3v) is 15.3. The van der Waals surface area contributed by atoms with E-state index < -0.39 is 8.07 Å². The fourth-order valence-corrected chi connectivity index (χ4v) is 10.9. The van der Waals surface area contributed by atoms with E-state index in [9.17, 15) is 0 Å². The molecule has 68 heavy (non-hydrogen) atoms. The molecule has 1 aliphatic heterocycles. The summed E-state index contributed by atoms with van der Waals surface area (Å²) in [4.78, 5) is 9.82. The van der Waals surface area contributed by atoms with Crippen molar-refractivity contribution >= 4 is 57.8 Å². The van der Waals surface area contributed by atoms with Gasteiger partial charge in [0, 0.05) is 66.9 Å². The molecule has 6 aromatic carbocycles. The molecule has 0 saturated heterocycles. The minimum atomic E-state index is -1.97. The summed E-state index contributed by atoms with van der Waals surface area (Å²) in [6, 6.07) is 51.6. The number of aromatic nitrogens is 2. The van der Waals surface area contributed by atoms with Crippen molar-refractivity contribution in [1.29, 1.82) is 0 Å². The minimum Gasteiger partial charge on any atom is -0.509 e. The van der Waals surface area contributed by atoms with Gasteiger partial charge in [-0.3, -0.25) is 0 Å². The monoisotopic (exact) mass is 1090 g/mol. The van der Waals surface area contributed by atoms with Gasteiger partial charge in [0.25, 0.3) is 0 Å². The first kappa shape index (κ1) is 49.0. The van der Waals surface area contributed by atoms with Gasteiger partial charge in [-0.2, -0.15) is 11.3 Å². The largest absolute Gasteiger partial charge is 0.509 e. The van der Waals surface area contributed by atoms with Crippen LogP contribution in [0.5, 0.6) is 11.5 Å². The van der Waals surface area contributed by atoms with Crippen molar-refractivity contribution in [2.24, 2.45) is 0 Å². The first-order valence-corrected chi connectivity index (χ1v) is 27.4. The van der Waals surface area contributed by atoms with Gasteiger partial charge in [-0.1, -0.05) is 169 Å². The summed E-state index contributed by atoms with van der Waals surface area (Å²) in [6.07, 6.45) is 2.07. The summed E-state index contributed by atoms with van der Waals surface area (Å²) in [7, 11) is -1.97. The number of para-hydroxylation sites is 3. The molecular weight excluding hydrogens is 1030 g/mol. The molecule has 0 bridgehead atoms. The van der Waals surface area contributed by atoms with Crippen LogP contribution in [0.25, 0.3) is 38.8 Å². The van der Waals surface area contributed by atoms with Crippen LogP contribution < -0.4 is 19.7 Å². The van der Waals surface area contributed by atoms with E-state index in [4.69, 9.17) is 9.72 Å². The van der Waals surface area contributed by atoms with Gasteiger partial charge >= 0.3 is 0 Å². The molecule has 3 heterocycles. The number of pyridine rings is 1. The van der Waals surface area contributed by atoms with Crippen molar-refractivity contribution in [3.8, 4) is 28.4 Å². The number of hydrogen-bond acceptors (Lipinski definition) is 4. The first-order valence-electron chi connectivity index (χ1n) is 23.9. The molecule has 9 rings (SSSR count). The maximum absolute atomic E-state index is 6.93. The molecule has 8 aromatic rings. The van der Waals surface area contributed by atoms with Gasteiger partial charge in [0.15, 0.2) is 0 Å². The van der Waals surface area contributed by atoms with Crippen LogP contribution in [0.3, 0.4) is 0 Å². The quantitative estimate of drug-likeness (QED) is 0.118. The molecule has 0 aliphatic carbocycles. The topological polar surface area (TPSA) is 33.5 Å². The fourth-order valence-electron chi connectivity index (χ4n) is 9.32. The average Bonchev–Trinajstić information content (AvgIpc) is 3.81. The number of benzene rings is 6. The Balaban J connectivity index is 0.00000625. The third-order valence-electron chi connectivity index (χ3n) is 13.2. The number of rotatable bonds is 7. The van der Waals surface area contributed by atoms with Crippen LogP contribution in [0.4, 0.5) is 22.7 Å². The number of fused-ring (bicyclic) bond motifs is 4. The van der Waals surface area contributed by atoms with Gasteiger partial charge in [0.1, 0.15) is 5.82 Å². The van der Waals surface area contributed by atoms with Crippen LogP contribution in [0.1, 0.15) is 105 Å². The summed E-state index contributed by atoms with van der Waals surface area (Å²) in [5.74, 6) is 2.15. The van der Waals surface area contributed by atoms with Crippen molar-refractivity contribution in [2.75, 3.05) is 9.80 Å². The van der Waals surface area contributed by atoms with Crippen molar-refractivity contribution < 1.29 is 25.8 Å². The van der Waals surface area contributed by atoms with Gasteiger partial charge in [-0.25, -0.2) is 4.98 Å². The second kappa shape index (κ2) is 17.5. The van der Waals surface area contributed by atoms with E-state index in [2.05, 4.69) is 257 Å². The standard InChI is InChI=1S/C61H67N4OSi.Pt/c1-58(2,3)41-29-27-40(28-30-41)49-38-62-56(37-50(49)61(10,11)12)65-51-24-17-16-23-48(51)57-54(65)35-47(36-55(57)67(13,14)15)66-46-22-20-21-44(34-46)63-39-64(53-26-19-18-25-52(53)63)45-32-42(59(4,5)6)31-43(33-45)60(7,8)9;/h16-33,36-39H,1-15H3;/q-3;. The van der Waals surface area contributed by atoms with Gasteiger partial charge < -0.3 is 19.1 Å². The molecule has 7 heteroatoms. The molecule has 0 atom stereocenters. The Labute approximate surface area is 421 Å². The molecule has 0 saturated carbocycles. The van der Waals surface area contributed by atoms with E-state index >= 15 is 0 Å². The molecule has 2 aromatic heterocycles. The Kier molecular flexibility index (Phi) is 12.6. The Morgan fingerprint density at radius 3 is 1.78 bits per heavy atom. The predicted molar refractivity (Wildman–Crippen MR) is 287 cm³/mol. The average molecular weight is 1100 g/mol. The predicted octanol–water partition coefficient (Wildman–Crippen LogP) is 16.4. The van der Waals surface area contributed by atoms with E-state index in [0.29, 0.717) is 11.5 Å². The van der Waals surface area contributed by atoms with Crippen molar-refractivity contribution in [3.05, 3.63) is 169 Å². The van der Waals surface area contributed by atoms with Crippen LogP contribution in [-0.2, 0) is 42.7 Å². The first-order chi connectivity index (χ1) is 31.4. The third kappa shape index (κ3) is 9.36. The van der Waals surface area contributed by atoms with Crippen LogP contribution >= 0.6 is 0 Å². The van der Waals surface area contributed by atoms with Gasteiger partial charge in [0.2, 0.25) is 0 Å². The zero-order valence-corrected chi connectivity index (χ0v) is 46.0. The van der Waals surface area contributed by atoms with Gasteiger partial charge in [-0.05, 0) is 91.3 Å². The summed E-state index contributed by atoms with van der Waals surface area (Å²) >= 11 is 0. The molecule has 354 valence electrons. The van der Waals surface area contributed by atoms with E-state index in [1.807, 2.05) is 6.07 Å². The molecule has 0 fully saturated rings. The molecule has 1 aliphatic rings. The second-order valence-corrected chi connectivity index (χ2v) is 28.7. The maximum Gasteiger partial charge on any atom is 0.135 e. The van der Waals surface area contributed by atoms with Gasteiger partial charge in [-0.15, -0.1) is 48.1 Å². The Bertz CT molecular complexity index is 3140. The van der Waals surface area contributed by atoms with Crippen molar-refractivity contribution in [3.63, 3.8) is 0 Å². The van der Waals surface area contributed by atoms with Crippen LogP contribution in [-0.4, -0.2) is 17.6 Å². The summed E-state index contributed by atoms with van der Waals surface area (Å²) in [5.41, 5.74) is 13.7. The SMILES string of the molecule is CC(C)(C)c1ccc(-c2cnc(-n3c4[c-]c(Oc5[c-]c(N6[CH-]N(c7cc(C(C)(C)C)cc(C(C)(C)C)c7)c7ccccc76)ccc5)cc([Si](C)(C)C)c4c4ccccc43)cc2C(C)(C)C)cc1.[Pt]. The zero-order valence-electron chi connectivity index (χ0n) is 42.7. The molecule has 0 unspecified atom stereocenters. The van der Waals surface area contributed by atoms with E-state index in [-0.39, 0.29) is 42.7 Å². The molecule has 5 nitrogen and oxygen atoms in total. The molecule has 0 spiro atoms. The maximum atomic E-state index is 6.93. The number of anilines is 4. The number of nitrogens with zero attached hydrogens (tertiary/aromatic N) is 4. The van der Waals surface area contributed by atoms with Crippen LogP contribution in [0.2, 0.25) is 19.6 Å². The Hall–Kier alpha value is -5.42. The molecule has 0 radical (unpaired) electrons. The van der Waals surface area contributed by atoms with Crippen LogP contribution in [0.15, 0.2) is 128 Å². The summed E-state index contributed by atoms with van der Waals surface area (Å²) in [6.45, 7) is 36.8. The van der Waals surface area contributed by atoms with Crippen LogP contribution in [0, 0.1) is 18.8 Å². The van der Waals surface area contributed by atoms with Gasteiger partial charge in [0.05, 0.1) is 8.07 Å². The Morgan fingerprint density at radius 1 is 0.574 bits per heavy atom. The summed E-state index contributed by atoms with van der Waals surface area (Å²) < 4.78 is 9.23. The smallest absolute Gasteiger partial charge is 0.135 e. The summed E-state index contributed by atoms with van der Waals surface area (Å²) in [5, 5.41) is 3.73. The Morgan fingerprint density at radius 2 is 1.18 bits per heavy atom. The van der Waals surface area contributed by atoms with E-state index in [1.54, 1.807) is 0 Å². The number of hydrogen-bond donors (Lipinski definition) is 0. The molecule has 0 N–H and O–H groups in total. The molecular formula is C61H67N4OPtSi-3.